The first-order valence-corrected chi connectivity index (χ1v) is 7.41. The summed E-state index contributed by atoms with van der Waals surface area (Å²) in [5.74, 6) is 0.962. The first-order chi connectivity index (χ1) is 8.71. The van der Waals surface area contributed by atoms with E-state index >= 15 is 0 Å². The van der Waals surface area contributed by atoms with Gasteiger partial charge in [-0.05, 0) is 51.2 Å². The average Bonchev–Trinajstić information content (AvgIpc) is 2.39. The van der Waals surface area contributed by atoms with Crippen LogP contribution in [0.3, 0.4) is 0 Å². The van der Waals surface area contributed by atoms with Crippen molar-refractivity contribution >= 4 is 18.3 Å². The van der Waals surface area contributed by atoms with Crippen LogP contribution in [0.1, 0.15) is 39.5 Å². The molecule has 0 saturated carbocycles. The van der Waals surface area contributed by atoms with E-state index < -0.39 is 0 Å². The number of piperidine rings is 1. The van der Waals surface area contributed by atoms with Gasteiger partial charge in [-0.3, -0.25) is 9.69 Å². The molecular formula is C14H30ClN3O. The predicted molar refractivity (Wildman–Crippen MR) is 82.6 cm³/mol. The van der Waals surface area contributed by atoms with E-state index in [1.807, 2.05) is 4.90 Å². The minimum Gasteiger partial charge on any atom is -0.342 e. The molecular weight excluding hydrogens is 262 g/mol. The van der Waals surface area contributed by atoms with Crippen molar-refractivity contribution in [1.29, 1.82) is 0 Å². The first-order valence-electron chi connectivity index (χ1n) is 7.41. The van der Waals surface area contributed by atoms with Gasteiger partial charge in [0.05, 0.1) is 6.54 Å². The van der Waals surface area contributed by atoms with Gasteiger partial charge in [-0.15, -0.1) is 12.4 Å². The molecule has 0 atom stereocenters. The summed E-state index contributed by atoms with van der Waals surface area (Å²) in [6.07, 6.45) is 4.37. The zero-order valence-corrected chi connectivity index (χ0v) is 13.3. The number of nitrogens with zero attached hydrogens (tertiary/aromatic N) is 2. The maximum absolute atomic E-state index is 12.2. The van der Waals surface area contributed by atoms with Gasteiger partial charge in [0.15, 0.2) is 0 Å². The number of likely N-dealkylation sites (tertiary alicyclic amines) is 1. The molecule has 114 valence electrons. The summed E-state index contributed by atoms with van der Waals surface area (Å²) in [6, 6.07) is 0. The SMILES string of the molecule is CCCN(CCC)C(=O)CN1CCC(CN)CC1.Cl. The number of hydrogen-bond acceptors (Lipinski definition) is 3. The minimum absolute atomic E-state index is 0. The number of carbonyl (C=O) groups excluding carboxylic acids is 1. The van der Waals surface area contributed by atoms with Crippen LogP contribution in [0.15, 0.2) is 0 Å². The lowest BCUT2D eigenvalue weighted by Gasteiger charge is -2.32. The highest BCUT2D eigenvalue weighted by Gasteiger charge is 2.21. The molecule has 1 fully saturated rings. The van der Waals surface area contributed by atoms with E-state index in [4.69, 9.17) is 5.73 Å². The fourth-order valence-corrected chi connectivity index (χ4v) is 2.57. The smallest absolute Gasteiger partial charge is 0.236 e. The van der Waals surface area contributed by atoms with Crippen LogP contribution in [0.5, 0.6) is 0 Å². The lowest BCUT2D eigenvalue weighted by molar-refractivity contribution is -0.132. The first kappa shape index (κ1) is 18.7. The van der Waals surface area contributed by atoms with E-state index in [-0.39, 0.29) is 12.4 Å². The second-order valence-electron chi connectivity index (χ2n) is 5.34. The monoisotopic (exact) mass is 291 g/mol. The molecule has 0 unspecified atom stereocenters. The number of nitrogens with two attached hydrogens (primary N) is 1. The molecule has 2 N–H and O–H groups in total. The summed E-state index contributed by atoms with van der Waals surface area (Å²) in [5, 5.41) is 0. The summed E-state index contributed by atoms with van der Waals surface area (Å²) in [6.45, 7) is 9.49. The lowest BCUT2D eigenvalue weighted by Crippen LogP contribution is -2.44. The molecule has 0 aromatic heterocycles. The van der Waals surface area contributed by atoms with Crippen molar-refractivity contribution in [1.82, 2.24) is 9.80 Å². The summed E-state index contributed by atoms with van der Waals surface area (Å²) in [4.78, 5) is 16.5. The molecule has 1 rings (SSSR count). The Morgan fingerprint density at radius 1 is 1.21 bits per heavy atom. The largest absolute Gasteiger partial charge is 0.342 e. The van der Waals surface area contributed by atoms with E-state index in [9.17, 15) is 4.79 Å². The molecule has 1 saturated heterocycles. The highest BCUT2D eigenvalue weighted by molar-refractivity contribution is 5.85. The number of carbonyl (C=O) groups is 1. The van der Waals surface area contributed by atoms with E-state index in [0.717, 1.165) is 58.4 Å². The van der Waals surface area contributed by atoms with Crippen molar-refractivity contribution < 1.29 is 4.79 Å². The molecule has 0 bridgehead atoms. The van der Waals surface area contributed by atoms with E-state index in [1.54, 1.807) is 0 Å². The van der Waals surface area contributed by atoms with Gasteiger partial charge in [-0.25, -0.2) is 0 Å². The Morgan fingerprint density at radius 3 is 2.16 bits per heavy atom. The highest BCUT2D eigenvalue weighted by atomic mass is 35.5. The van der Waals surface area contributed by atoms with Gasteiger partial charge >= 0.3 is 0 Å². The Morgan fingerprint density at radius 2 is 1.74 bits per heavy atom. The number of amides is 1. The zero-order valence-electron chi connectivity index (χ0n) is 12.4. The molecule has 4 nitrogen and oxygen atoms in total. The topological polar surface area (TPSA) is 49.6 Å². The van der Waals surface area contributed by atoms with Gasteiger partial charge in [0.1, 0.15) is 0 Å². The Balaban J connectivity index is 0.00000324. The van der Waals surface area contributed by atoms with Crippen LogP contribution in [0.25, 0.3) is 0 Å². The summed E-state index contributed by atoms with van der Waals surface area (Å²) in [7, 11) is 0. The molecule has 0 aliphatic carbocycles. The van der Waals surface area contributed by atoms with Crippen LogP contribution in [0.2, 0.25) is 0 Å². The van der Waals surface area contributed by atoms with Crippen LogP contribution in [-0.4, -0.2) is 55.0 Å². The summed E-state index contributed by atoms with van der Waals surface area (Å²) in [5.41, 5.74) is 5.68. The maximum atomic E-state index is 12.2. The Kier molecular flexibility index (Phi) is 10.3. The Bertz CT molecular complexity index is 237. The van der Waals surface area contributed by atoms with Crippen molar-refractivity contribution in [3.05, 3.63) is 0 Å². The van der Waals surface area contributed by atoms with Gasteiger partial charge in [0, 0.05) is 13.1 Å². The maximum Gasteiger partial charge on any atom is 0.236 e. The third-order valence-corrected chi connectivity index (χ3v) is 3.74. The second-order valence-corrected chi connectivity index (χ2v) is 5.34. The van der Waals surface area contributed by atoms with Crippen LogP contribution in [0, 0.1) is 5.92 Å². The standard InChI is InChI=1S/C14H29N3O.ClH/c1-3-7-17(8-4-2)14(18)12-16-9-5-13(11-15)6-10-16;/h13H,3-12,15H2,1-2H3;1H. The molecule has 0 spiro atoms. The van der Waals surface area contributed by atoms with Crippen molar-refractivity contribution in [3.63, 3.8) is 0 Å². The zero-order chi connectivity index (χ0) is 13.4. The highest BCUT2D eigenvalue weighted by Crippen LogP contribution is 2.15. The quantitative estimate of drug-likeness (QED) is 0.777. The fraction of sp³-hybridized carbons (Fsp3) is 0.929. The molecule has 1 heterocycles. The van der Waals surface area contributed by atoms with Crippen molar-refractivity contribution in [2.75, 3.05) is 39.3 Å². The van der Waals surface area contributed by atoms with Crippen LogP contribution in [0.4, 0.5) is 0 Å². The molecule has 1 aliphatic rings. The molecule has 1 amide bonds. The van der Waals surface area contributed by atoms with Crippen LogP contribution >= 0.6 is 12.4 Å². The van der Waals surface area contributed by atoms with Gasteiger partial charge in [0.2, 0.25) is 5.91 Å². The number of rotatable bonds is 7. The number of hydrogen-bond donors (Lipinski definition) is 1. The molecule has 5 heteroatoms. The van der Waals surface area contributed by atoms with Crippen LogP contribution in [-0.2, 0) is 4.79 Å². The predicted octanol–water partition coefficient (Wildman–Crippen LogP) is 1.73. The number of halogens is 1. The second kappa shape index (κ2) is 10.5. The molecule has 0 aromatic rings. The van der Waals surface area contributed by atoms with Gasteiger partial charge in [-0.1, -0.05) is 13.8 Å². The average molecular weight is 292 g/mol. The molecule has 1 aliphatic heterocycles. The van der Waals surface area contributed by atoms with E-state index in [1.165, 1.54) is 0 Å². The van der Waals surface area contributed by atoms with Crippen molar-refractivity contribution in [2.24, 2.45) is 11.7 Å². The Labute approximate surface area is 124 Å². The van der Waals surface area contributed by atoms with Gasteiger partial charge in [-0.2, -0.15) is 0 Å². The molecule has 19 heavy (non-hydrogen) atoms. The van der Waals surface area contributed by atoms with E-state index in [0.29, 0.717) is 18.4 Å². The lowest BCUT2D eigenvalue weighted by atomic mass is 9.97. The van der Waals surface area contributed by atoms with Crippen molar-refractivity contribution in [2.45, 2.75) is 39.5 Å². The van der Waals surface area contributed by atoms with Gasteiger partial charge < -0.3 is 10.6 Å². The molecule has 0 radical (unpaired) electrons. The van der Waals surface area contributed by atoms with E-state index in [2.05, 4.69) is 18.7 Å². The minimum atomic E-state index is 0. The summed E-state index contributed by atoms with van der Waals surface area (Å²) < 4.78 is 0. The summed E-state index contributed by atoms with van der Waals surface area (Å²) >= 11 is 0. The fourth-order valence-electron chi connectivity index (χ4n) is 2.57. The molecule has 0 aromatic carbocycles. The van der Waals surface area contributed by atoms with Gasteiger partial charge in [0.25, 0.3) is 0 Å². The van der Waals surface area contributed by atoms with Crippen LogP contribution < -0.4 is 5.73 Å². The normalized spacial score (nSPS) is 17.0. The van der Waals surface area contributed by atoms with Crippen molar-refractivity contribution in [3.8, 4) is 0 Å². The third kappa shape index (κ3) is 6.59. The third-order valence-electron chi connectivity index (χ3n) is 3.74. The Hall–Kier alpha value is -0.320.